The molecular weight excluding hydrogens is 292 g/mol. The molecule has 0 unspecified atom stereocenters. The van der Waals surface area contributed by atoms with E-state index in [-0.39, 0.29) is 6.09 Å². The van der Waals surface area contributed by atoms with Crippen molar-refractivity contribution in [3.63, 3.8) is 0 Å². The van der Waals surface area contributed by atoms with Crippen molar-refractivity contribution in [1.29, 1.82) is 0 Å². The van der Waals surface area contributed by atoms with E-state index in [1.165, 1.54) is 0 Å². The third kappa shape index (κ3) is 7.10. The number of guanidine groups is 1. The number of amides is 1. The molecule has 0 bridgehead atoms. The van der Waals surface area contributed by atoms with Gasteiger partial charge in [0.2, 0.25) is 0 Å². The topological polar surface area (TPSA) is 66.0 Å². The standard InChI is InChI=1S/C17H34N4O2/c1-5-14(6-2)13-19-16(18-7-3)20-15-9-11-21(12-10-15)17(22)23-8-4/h14-15H,5-13H2,1-4H3,(H2,18,19,20). The summed E-state index contributed by atoms with van der Waals surface area (Å²) in [6.45, 7) is 12.0. The fraction of sp³-hybridized carbons (Fsp3) is 0.882. The van der Waals surface area contributed by atoms with Gasteiger partial charge in [-0.15, -0.1) is 0 Å². The van der Waals surface area contributed by atoms with Gasteiger partial charge in [-0.05, 0) is 32.6 Å². The van der Waals surface area contributed by atoms with Gasteiger partial charge in [0.25, 0.3) is 0 Å². The molecule has 1 aliphatic rings. The lowest BCUT2D eigenvalue weighted by molar-refractivity contribution is 0.0963. The van der Waals surface area contributed by atoms with Gasteiger partial charge in [-0.1, -0.05) is 26.7 Å². The largest absolute Gasteiger partial charge is 0.450 e. The summed E-state index contributed by atoms with van der Waals surface area (Å²) in [4.78, 5) is 18.2. The van der Waals surface area contributed by atoms with Crippen LogP contribution in [0.3, 0.4) is 0 Å². The van der Waals surface area contributed by atoms with E-state index in [2.05, 4.69) is 31.4 Å². The monoisotopic (exact) mass is 326 g/mol. The summed E-state index contributed by atoms with van der Waals surface area (Å²) in [5, 5.41) is 6.83. The van der Waals surface area contributed by atoms with Crippen LogP contribution in [0.2, 0.25) is 0 Å². The van der Waals surface area contributed by atoms with E-state index in [1.807, 2.05) is 6.92 Å². The second kappa shape index (κ2) is 11.1. The van der Waals surface area contributed by atoms with Gasteiger partial charge in [0.1, 0.15) is 0 Å². The molecule has 1 aliphatic heterocycles. The first-order valence-corrected chi connectivity index (χ1v) is 9.10. The molecule has 134 valence electrons. The smallest absolute Gasteiger partial charge is 0.409 e. The number of nitrogens with one attached hydrogen (secondary N) is 2. The Bertz CT molecular complexity index is 362. The van der Waals surface area contributed by atoms with Crippen molar-refractivity contribution in [2.24, 2.45) is 10.9 Å². The predicted molar refractivity (Wildman–Crippen MR) is 94.8 cm³/mol. The van der Waals surface area contributed by atoms with Crippen molar-refractivity contribution in [2.45, 2.75) is 59.4 Å². The highest BCUT2D eigenvalue weighted by molar-refractivity contribution is 5.80. The van der Waals surface area contributed by atoms with Crippen molar-refractivity contribution in [3.05, 3.63) is 0 Å². The number of aliphatic imine (C=N–C) groups is 1. The zero-order chi connectivity index (χ0) is 17.1. The normalized spacial score (nSPS) is 16.6. The molecule has 1 rings (SSSR count). The van der Waals surface area contributed by atoms with Crippen LogP contribution in [0, 0.1) is 5.92 Å². The molecule has 0 aromatic heterocycles. The first-order valence-electron chi connectivity index (χ1n) is 9.10. The summed E-state index contributed by atoms with van der Waals surface area (Å²) in [5.74, 6) is 1.55. The zero-order valence-corrected chi connectivity index (χ0v) is 15.2. The third-order valence-corrected chi connectivity index (χ3v) is 4.37. The number of rotatable bonds is 7. The van der Waals surface area contributed by atoms with E-state index in [0.717, 1.165) is 57.8 Å². The average Bonchev–Trinajstić information content (AvgIpc) is 2.56. The maximum atomic E-state index is 11.7. The van der Waals surface area contributed by atoms with E-state index in [1.54, 1.807) is 4.90 Å². The Balaban J connectivity index is 2.46. The molecule has 0 aromatic rings. The average molecular weight is 326 g/mol. The van der Waals surface area contributed by atoms with Crippen LogP contribution in [0.4, 0.5) is 4.79 Å². The molecule has 0 aliphatic carbocycles. The highest BCUT2D eigenvalue weighted by atomic mass is 16.6. The Hall–Kier alpha value is -1.46. The molecule has 0 radical (unpaired) electrons. The maximum absolute atomic E-state index is 11.7. The van der Waals surface area contributed by atoms with Crippen LogP contribution < -0.4 is 10.6 Å². The number of carbonyl (C=O) groups is 1. The van der Waals surface area contributed by atoms with E-state index in [9.17, 15) is 4.79 Å². The maximum Gasteiger partial charge on any atom is 0.409 e. The summed E-state index contributed by atoms with van der Waals surface area (Å²) < 4.78 is 5.06. The van der Waals surface area contributed by atoms with Crippen LogP contribution in [0.1, 0.15) is 53.4 Å². The molecule has 2 N–H and O–H groups in total. The van der Waals surface area contributed by atoms with E-state index >= 15 is 0 Å². The Morgan fingerprint density at radius 1 is 1.22 bits per heavy atom. The molecule has 1 fully saturated rings. The second-order valence-corrected chi connectivity index (χ2v) is 6.01. The molecule has 1 saturated heterocycles. The Morgan fingerprint density at radius 3 is 2.39 bits per heavy atom. The third-order valence-electron chi connectivity index (χ3n) is 4.37. The SMILES string of the molecule is CCNC(=NCC(CC)CC)NC1CCN(C(=O)OCC)CC1. The quantitative estimate of drug-likeness (QED) is 0.557. The van der Waals surface area contributed by atoms with Crippen LogP contribution in [0.25, 0.3) is 0 Å². The number of likely N-dealkylation sites (tertiary alicyclic amines) is 1. The van der Waals surface area contributed by atoms with Gasteiger partial charge in [-0.2, -0.15) is 0 Å². The summed E-state index contributed by atoms with van der Waals surface area (Å²) in [6, 6.07) is 0.361. The Kier molecular flexibility index (Phi) is 9.48. The van der Waals surface area contributed by atoms with Crippen molar-refractivity contribution in [2.75, 3.05) is 32.8 Å². The number of carbonyl (C=O) groups excluding carboxylic acids is 1. The number of piperidine rings is 1. The molecule has 23 heavy (non-hydrogen) atoms. The highest BCUT2D eigenvalue weighted by Gasteiger charge is 2.24. The molecule has 0 aromatic carbocycles. The van der Waals surface area contributed by atoms with Crippen LogP contribution in [0.5, 0.6) is 0 Å². The summed E-state index contributed by atoms with van der Waals surface area (Å²) in [7, 11) is 0. The highest BCUT2D eigenvalue weighted by Crippen LogP contribution is 2.12. The lowest BCUT2D eigenvalue weighted by Crippen LogP contribution is -2.50. The van der Waals surface area contributed by atoms with Gasteiger partial charge in [0.15, 0.2) is 5.96 Å². The van der Waals surface area contributed by atoms with E-state index < -0.39 is 0 Å². The zero-order valence-electron chi connectivity index (χ0n) is 15.2. The molecule has 0 spiro atoms. The number of hydrogen-bond acceptors (Lipinski definition) is 3. The summed E-state index contributed by atoms with van der Waals surface area (Å²) >= 11 is 0. The lowest BCUT2D eigenvalue weighted by atomic mass is 10.0. The minimum atomic E-state index is -0.194. The van der Waals surface area contributed by atoms with Crippen molar-refractivity contribution in [1.82, 2.24) is 15.5 Å². The van der Waals surface area contributed by atoms with Gasteiger partial charge >= 0.3 is 6.09 Å². The Morgan fingerprint density at radius 2 is 1.87 bits per heavy atom. The molecule has 1 heterocycles. The number of nitrogens with zero attached hydrogens (tertiary/aromatic N) is 2. The number of hydrogen-bond donors (Lipinski definition) is 2. The van der Waals surface area contributed by atoms with E-state index in [4.69, 9.17) is 9.73 Å². The first-order chi connectivity index (χ1) is 11.1. The lowest BCUT2D eigenvalue weighted by Gasteiger charge is -2.32. The van der Waals surface area contributed by atoms with Gasteiger partial charge in [-0.25, -0.2) is 4.79 Å². The Labute approximate surface area is 141 Å². The fourth-order valence-electron chi connectivity index (χ4n) is 2.70. The molecule has 0 atom stereocenters. The van der Waals surface area contributed by atoms with Crippen molar-refractivity contribution < 1.29 is 9.53 Å². The van der Waals surface area contributed by atoms with Crippen molar-refractivity contribution >= 4 is 12.1 Å². The van der Waals surface area contributed by atoms with Crippen LogP contribution in [0.15, 0.2) is 4.99 Å². The minimum Gasteiger partial charge on any atom is -0.450 e. The van der Waals surface area contributed by atoms with Gasteiger partial charge in [0, 0.05) is 32.2 Å². The van der Waals surface area contributed by atoms with Crippen LogP contribution in [-0.4, -0.2) is 55.8 Å². The van der Waals surface area contributed by atoms with Crippen LogP contribution in [-0.2, 0) is 4.74 Å². The van der Waals surface area contributed by atoms with Gasteiger partial charge in [-0.3, -0.25) is 4.99 Å². The fourth-order valence-corrected chi connectivity index (χ4v) is 2.70. The van der Waals surface area contributed by atoms with Gasteiger partial charge < -0.3 is 20.3 Å². The van der Waals surface area contributed by atoms with Gasteiger partial charge in [0.05, 0.1) is 6.61 Å². The van der Waals surface area contributed by atoms with Crippen LogP contribution >= 0.6 is 0 Å². The molecule has 0 saturated carbocycles. The van der Waals surface area contributed by atoms with E-state index in [0.29, 0.717) is 18.6 Å². The molecule has 1 amide bonds. The van der Waals surface area contributed by atoms with Crippen molar-refractivity contribution in [3.8, 4) is 0 Å². The molecule has 6 heteroatoms. The summed E-state index contributed by atoms with van der Waals surface area (Å²) in [6.07, 6.45) is 3.98. The second-order valence-electron chi connectivity index (χ2n) is 6.01. The predicted octanol–water partition coefficient (Wildman–Crippen LogP) is 2.60. The number of ether oxygens (including phenoxy) is 1. The molecular formula is C17H34N4O2. The minimum absolute atomic E-state index is 0.194. The summed E-state index contributed by atoms with van der Waals surface area (Å²) in [5.41, 5.74) is 0. The molecule has 6 nitrogen and oxygen atoms in total. The first kappa shape index (κ1) is 19.6.